The molecule has 1 amide bonds. The summed E-state index contributed by atoms with van der Waals surface area (Å²) in [4.78, 5) is 34.0. The first kappa shape index (κ1) is 27.5. The van der Waals surface area contributed by atoms with Crippen molar-refractivity contribution < 1.29 is 19.4 Å². The second kappa shape index (κ2) is 12.8. The molecule has 9 nitrogen and oxygen atoms in total. The van der Waals surface area contributed by atoms with E-state index in [0.717, 1.165) is 20.9 Å². The van der Waals surface area contributed by atoms with Gasteiger partial charge in [0, 0.05) is 24.0 Å². The van der Waals surface area contributed by atoms with Gasteiger partial charge in [0.05, 0.1) is 6.61 Å². The van der Waals surface area contributed by atoms with Crippen molar-refractivity contribution in [1.82, 2.24) is 14.5 Å². The lowest BCUT2D eigenvalue weighted by atomic mass is 9.92. The van der Waals surface area contributed by atoms with E-state index < -0.39 is 23.6 Å². The maximum atomic E-state index is 13.7. The summed E-state index contributed by atoms with van der Waals surface area (Å²) in [5.41, 5.74) is 1.04. The predicted molar refractivity (Wildman–Crippen MR) is 151 cm³/mol. The topological polar surface area (TPSA) is 118 Å². The quantitative estimate of drug-likeness (QED) is 0.164. The molecular weight excluding hydrogens is 524 g/mol. The number of carbonyl (C=O) groups is 1. The first-order valence-electron chi connectivity index (χ1n) is 12.1. The van der Waals surface area contributed by atoms with Gasteiger partial charge in [-0.2, -0.15) is 0 Å². The van der Waals surface area contributed by atoms with E-state index in [2.05, 4.69) is 15.3 Å². The second-order valence-electron chi connectivity index (χ2n) is 8.42. The largest absolute Gasteiger partial charge is 0.493 e. The van der Waals surface area contributed by atoms with Crippen molar-refractivity contribution in [2.24, 2.45) is 0 Å². The lowest BCUT2D eigenvalue weighted by molar-refractivity contribution is -0.120. The van der Waals surface area contributed by atoms with Crippen molar-refractivity contribution >= 4 is 34.1 Å². The van der Waals surface area contributed by atoms with Gasteiger partial charge in [-0.15, -0.1) is 23.1 Å². The normalized spacial score (nSPS) is 12.7. The van der Waals surface area contributed by atoms with Gasteiger partial charge in [0.15, 0.2) is 5.13 Å². The van der Waals surface area contributed by atoms with Crippen LogP contribution >= 0.6 is 23.1 Å². The molecule has 0 saturated heterocycles. The molecule has 0 saturated carbocycles. The molecule has 4 aromatic rings. The third kappa shape index (κ3) is 6.29. The summed E-state index contributed by atoms with van der Waals surface area (Å²) in [7, 11) is 1.60. The fraction of sp³-hybridized carbons (Fsp3) is 0.296. The molecule has 11 heteroatoms. The van der Waals surface area contributed by atoms with E-state index in [1.54, 1.807) is 43.1 Å². The molecule has 200 valence electrons. The maximum absolute atomic E-state index is 13.7. The number of thioether (sulfide) groups is 1. The second-order valence-corrected chi connectivity index (χ2v) is 10.6. The molecular formula is C27H30N4O5S2. The van der Waals surface area contributed by atoms with E-state index in [1.807, 2.05) is 49.6 Å². The van der Waals surface area contributed by atoms with Crippen LogP contribution in [0, 0.1) is 0 Å². The Hall–Kier alpha value is -3.54. The lowest BCUT2D eigenvalue weighted by Gasteiger charge is -2.24. The number of methoxy groups -OCH3 is 1. The zero-order valence-corrected chi connectivity index (χ0v) is 23.0. The molecule has 0 spiro atoms. The van der Waals surface area contributed by atoms with Crippen LogP contribution < -0.4 is 15.7 Å². The van der Waals surface area contributed by atoms with Gasteiger partial charge in [-0.3, -0.25) is 4.79 Å². The number of ether oxygens (including phenoxy) is 2. The molecule has 0 aliphatic carbocycles. The molecule has 3 N–H and O–H groups in total. The Morgan fingerprint density at radius 3 is 2.61 bits per heavy atom. The minimum atomic E-state index is -1.04. The van der Waals surface area contributed by atoms with Gasteiger partial charge >= 0.3 is 5.69 Å². The van der Waals surface area contributed by atoms with Gasteiger partial charge in [-0.1, -0.05) is 44.2 Å². The van der Waals surface area contributed by atoms with Crippen molar-refractivity contribution in [2.75, 3.05) is 31.4 Å². The molecule has 2 atom stereocenters. The number of nitrogens with one attached hydrogen (secondary N) is 2. The molecule has 2 aromatic heterocycles. The molecule has 2 heterocycles. The summed E-state index contributed by atoms with van der Waals surface area (Å²) < 4.78 is 11.7. The van der Waals surface area contributed by atoms with Gasteiger partial charge in [-0.05, 0) is 35.6 Å². The van der Waals surface area contributed by atoms with E-state index in [9.17, 15) is 14.7 Å². The number of aromatic hydroxyl groups is 1. The average molecular weight is 555 g/mol. The minimum absolute atomic E-state index is 0.215. The molecule has 0 radical (unpaired) electrons. The van der Waals surface area contributed by atoms with Gasteiger partial charge in [-0.25, -0.2) is 14.3 Å². The van der Waals surface area contributed by atoms with Crippen LogP contribution in [0.1, 0.15) is 31.4 Å². The summed E-state index contributed by atoms with van der Waals surface area (Å²) in [6, 6.07) is 15.3. The number of benzene rings is 2. The Labute approximate surface area is 228 Å². The zero-order valence-electron chi connectivity index (χ0n) is 21.3. The summed E-state index contributed by atoms with van der Waals surface area (Å²) in [6.07, 6.45) is 0. The Balaban J connectivity index is 1.68. The van der Waals surface area contributed by atoms with Crippen LogP contribution in [0.15, 0.2) is 69.8 Å². The van der Waals surface area contributed by atoms with E-state index in [4.69, 9.17) is 9.47 Å². The van der Waals surface area contributed by atoms with Crippen molar-refractivity contribution in [3.05, 3.63) is 76.0 Å². The monoisotopic (exact) mass is 554 g/mol. The predicted octanol–water partition coefficient (Wildman–Crippen LogP) is 5.13. The smallest absolute Gasteiger partial charge is 0.329 e. The Morgan fingerprint density at radius 1 is 1.18 bits per heavy atom. The van der Waals surface area contributed by atoms with Crippen molar-refractivity contribution in [2.45, 2.75) is 30.8 Å². The number of H-pyrrole nitrogens is 1. The maximum Gasteiger partial charge on any atom is 0.329 e. The summed E-state index contributed by atoms with van der Waals surface area (Å²) in [6.45, 7) is 4.74. The number of imidazole rings is 1. The van der Waals surface area contributed by atoms with Crippen LogP contribution in [0.3, 0.4) is 0 Å². The number of rotatable bonds is 12. The van der Waals surface area contributed by atoms with Crippen molar-refractivity contribution in [3.63, 3.8) is 0 Å². The number of thiazole rings is 1. The summed E-state index contributed by atoms with van der Waals surface area (Å²) in [5.74, 6) is 0.275. The number of anilines is 1. The van der Waals surface area contributed by atoms with E-state index in [-0.39, 0.29) is 11.6 Å². The van der Waals surface area contributed by atoms with Crippen LogP contribution in [0.4, 0.5) is 5.13 Å². The standard InChI is InChI=1S/C27H30N4O5S2/c1-4-37-21-16-38-26(28-21)30-24(32)23(17(2)18-8-6-5-7-9-18)31-25(33)22(29-27(31)34)19-10-12-20(13-11-19)36-15-14-35-3/h5-13,16-17,23,33H,4,14-15H2,1-3H3,(H,29,34)(H,28,30,32)/t17-,23-/m0/s1. The SMILES string of the molecule is CCSc1csc(NC(=O)[C@H]([C@@H](C)c2ccccc2)n2c(O)c(-c3ccc(OCCOC)cc3)[nH]c2=O)n1. The third-order valence-electron chi connectivity index (χ3n) is 5.95. The number of amides is 1. The van der Waals surface area contributed by atoms with Gasteiger partial charge in [0.25, 0.3) is 0 Å². The minimum Gasteiger partial charge on any atom is -0.493 e. The molecule has 0 aliphatic heterocycles. The van der Waals surface area contributed by atoms with Gasteiger partial charge in [0.1, 0.15) is 29.1 Å². The highest BCUT2D eigenvalue weighted by Gasteiger charge is 2.33. The zero-order chi connectivity index (χ0) is 27.1. The van der Waals surface area contributed by atoms with Gasteiger partial charge in [0.2, 0.25) is 11.8 Å². The van der Waals surface area contributed by atoms with Crippen LogP contribution in [0.2, 0.25) is 0 Å². The molecule has 0 unspecified atom stereocenters. The number of aromatic amines is 1. The van der Waals surface area contributed by atoms with Crippen LogP contribution in [0.5, 0.6) is 11.6 Å². The van der Waals surface area contributed by atoms with E-state index in [0.29, 0.717) is 29.7 Å². The molecule has 0 bridgehead atoms. The Morgan fingerprint density at radius 2 is 1.92 bits per heavy atom. The summed E-state index contributed by atoms with van der Waals surface area (Å²) in [5, 5.41) is 17.2. The van der Waals surface area contributed by atoms with Crippen LogP contribution in [-0.4, -0.2) is 51.6 Å². The fourth-order valence-electron chi connectivity index (χ4n) is 4.08. The number of hydrogen-bond acceptors (Lipinski definition) is 8. The first-order chi connectivity index (χ1) is 18.4. The number of aromatic nitrogens is 3. The molecule has 2 aromatic carbocycles. The molecule has 0 fully saturated rings. The Bertz CT molecular complexity index is 1400. The van der Waals surface area contributed by atoms with Crippen LogP contribution in [0.25, 0.3) is 11.3 Å². The first-order valence-corrected chi connectivity index (χ1v) is 14.0. The highest BCUT2D eigenvalue weighted by molar-refractivity contribution is 7.99. The van der Waals surface area contributed by atoms with E-state index in [1.165, 1.54) is 11.3 Å². The fourth-order valence-corrected chi connectivity index (χ4v) is 5.58. The highest BCUT2D eigenvalue weighted by Crippen LogP contribution is 2.36. The number of nitrogens with zero attached hydrogens (tertiary/aromatic N) is 2. The summed E-state index contributed by atoms with van der Waals surface area (Å²) >= 11 is 2.89. The van der Waals surface area contributed by atoms with Crippen LogP contribution in [-0.2, 0) is 9.53 Å². The molecule has 0 aliphatic rings. The van der Waals surface area contributed by atoms with Gasteiger partial charge < -0.3 is 24.9 Å². The molecule has 4 rings (SSSR count). The molecule has 38 heavy (non-hydrogen) atoms. The van der Waals surface area contributed by atoms with Crippen molar-refractivity contribution in [3.8, 4) is 22.9 Å². The number of carbonyl (C=O) groups excluding carboxylic acids is 1. The average Bonchev–Trinajstić information content (AvgIpc) is 3.49. The highest BCUT2D eigenvalue weighted by atomic mass is 32.2. The lowest BCUT2D eigenvalue weighted by Crippen LogP contribution is -2.35. The third-order valence-corrected chi connectivity index (χ3v) is 7.65. The number of hydrogen-bond donors (Lipinski definition) is 3. The van der Waals surface area contributed by atoms with E-state index >= 15 is 0 Å². The van der Waals surface area contributed by atoms with Crippen molar-refractivity contribution in [1.29, 1.82) is 0 Å². The Kier molecular flexibility index (Phi) is 9.27.